The summed E-state index contributed by atoms with van der Waals surface area (Å²) in [5.74, 6) is 0.131. The normalized spacial score (nSPS) is 11.2. The number of anilines is 1. The van der Waals surface area contributed by atoms with E-state index >= 15 is 0 Å². The molecule has 0 radical (unpaired) electrons. The number of nitrogens with zero attached hydrogens (tertiary/aromatic N) is 1. The minimum atomic E-state index is -3.31. The van der Waals surface area contributed by atoms with Crippen LogP contribution in [-0.2, 0) is 10.0 Å². The van der Waals surface area contributed by atoms with E-state index in [-0.39, 0.29) is 10.7 Å². The molecule has 4 nitrogen and oxygen atoms in total. The van der Waals surface area contributed by atoms with Crippen molar-refractivity contribution in [2.24, 2.45) is 5.73 Å². The minimum Gasteiger partial charge on any atom is -0.389 e. The van der Waals surface area contributed by atoms with Crippen LogP contribution in [0.5, 0.6) is 0 Å². The Morgan fingerprint density at radius 2 is 2.00 bits per heavy atom. The first kappa shape index (κ1) is 14.9. The van der Waals surface area contributed by atoms with Crippen LogP contribution in [0.15, 0.2) is 24.3 Å². The lowest BCUT2D eigenvalue weighted by molar-refractivity contribution is 0.591. The molecule has 100 valence electrons. The molecular weight excluding hydrogens is 268 g/mol. The topological polar surface area (TPSA) is 63.4 Å². The molecule has 0 heterocycles. The van der Waals surface area contributed by atoms with E-state index in [9.17, 15) is 8.42 Å². The molecule has 1 rings (SSSR count). The van der Waals surface area contributed by atoms with Crippen LogP contribution in [0.25, 0.3) is 0 Å². The summed E-state index contributed by atoms with van der Waals surface area (Å²) in [6, 6.07) is 6.98. The monoisotopic (exact) mass is 286 g/mol. The van der Waals surface area contributed by atoms with Crippen LogP contribution >= 0.6 is 12.2 Å². The van der Waals surface area contributed by atoms with Crippen LogP contribution in [-0.4, -0.2) is 26.2 Å². The van der Waals surface area contributed by atoms with E-state index in [4.69, 9.17) is 18.0 Å². The van der Waals surface area contributed by atoms with E-state index in [2.05, 4.69) is 0 Å². The van der Waals surface area contributed by atoms with Crippen molar-refractivity contribution in [2.75, 3.05) is 17.1 Å². The Kier molecular flexibility index (Phi) is 5.10. The fourth-order valence-electron chi connectivity index (χ4n) is 1.57. The third-order valence-electron chi connectivity index (χ3n) is 2.68. The van der Waals surface area contributed by atoms with Gasteiger partial charge in [0.05, 0.1) is 11.4 Å². The van der Waals surface area contributed by atoms with E-state index in [1.165, 1.54) is 11.4 Å². The van der Waals surface area contributed by atoms with Crippen LogP contribution in [0.1, 0.15) is 25.3 Å². The number of hydrogen-bond acceptors (Lipinski definition) is 3. The Morgan fingerprint density at radius 3 is 2.56 bits per heavy atom. The number of rotatable bonds is 6. The first-order chi connectivity index (χ1) is 8.40. The van der Waals surface area contributed by atoms with Crippen molar-refractivity contribution < 1.29 is 8.42 Å². The summed E-state index contributed by atoms with van der Waals surface area (Å²) in [5, 5.41) is 0. The van der Waals surface area contributed by atoms with Gasteiger partial charge in [0.1, 0.15) is 4.99 Å². The van der Waals surface area contributed by atoms with E-state index in [1.54, 1.807) is 24.3 Å². The summed E-state index contributed by atoms with van der Waals surface area (Å²) in [7, 11) is -1.78. The van der Waals surface area contributed by atoms with Crippen molar-refractivity contribution in [3.8, 4) is 0 Å². The molecule has 0 aromatic heterocycles. The summed E-state index contributed by atoms with van der Waals surface area (Å²) >= 11 is 4.94. The van der Waals surface area contributed by atoms with Crippen LogP contribution in [0.2, 0.25) is 0 Å². The summed E-state index contributed by atoms with van der Waals surface area (Å²) in [5.41, 5.74) is 6.71. The molecule has 0 amide bonds. The molecule has 2 N–H and O–H groups in total. The lowest BCUT2D eigenvalue weighted by Gasteiger charge is -2.21. The van der Waals surface area contributed by atoms with E-state index in [1.807, 2.05) is 6.92 Å². The van der Waals surface area contributed by atoms with E-state index in [0.29, 0.717) is 17.7 Å². The number of para-hydroxylation sites is 1. The molecule has 0 aliphatic heterocycles. The first-order valence-corrected chi connectivity index (χ1v) is 7.77. The zero-order valence-corrected chi connectivity index (χ0v) is 12.2. The van der Waals surface area contributed by atoms with Crippen molar-refractivity contribution in [1.82, 2.24) is 0 Å². The maximum Gasteiger partial charge on any atom is 0.234 e. The Hall–Kier alpha value is -1.14. The number of sulfonamides is 1. The first-order valence-electron chi connectivity index (χ1n) is 5.75. The quantitative estimate of drug-likeness (QED) is 0.811. The highest BCUT2D eigenvalue weighted by atomic mass is 32.2. The summed E-state index contributed by atoms with van der Waals surface area (Å²) < 4.78 is 25.5. The van der Waals surface area contributed by atoms with Gasteiger partial charge in [0.15, 0.2) is 0 Å². The zero-order chi connectivity index (χ0) is 13.8. The molecule has 0 saturated carbocycles. The fraction of sp³-hybridized carbons (Fsp3) is 0.417. The summed E-state index contributed by atoms with van der Waals surface area (Å²) in [6.45, 7) is 1.96. The molecule has 0 unspecified atom stereocenters. The predicted molar refractivity (Wildman–Crippen MR) is 79.4 cm³/mol. The number of nitrogens with two attached hydrogens (primary N) is 1. The molecule has 0 spiro atoms. The molecule has 0 bridgehead atoms. The Balaban J connectivity index is 3.11. The second kappa shape index (κ2) is 6.15. The average Bonchev–Trinajstić information content (AvgIpc) is 2.35. The molecular formula is C12H18N2O2S2. The summed E-state index contributed by atoms with van der Waals surface area (Å²) in [6.07, 6.45) is 1.48. The lowest BCUT2D eigenvalue weighted by Crippen LogP contribution is -2.30. The van der Waals surface area contributed by atoms with Crippen LogP contribution in [0.4, 0.5) is 5.69 Å². The van der Waals surface area contributed by atoms with E-state index in [0.717, 1.165) is 6.42 Å². The number of unbranched alkanes of at least 4 members (excludes halogenated alkanes) is 1. The number of benzene rings is 1. The molecule has 1 aromatic carbocycles. The molecule has 0 aliphatic rings. The zero-order valence-electron chi connectivity index (χ0n) is 10.6. The van der Waals surface area contributed by atoms with Gasteiger partial charge in [0.25, 0.3) is 0 Å². The van der Waals surface area contributed by atoms with Crippen LogP contribution < -0.4 is 10.0 Å². The second-order valence-electron chi connectivity index (χ2n) is 4.02. The van der Waals surface area contributed by atoms with Gasteiger partial charge in [-0.25, -0.2) is 8.42 Å². The molecule has 0 aliphatic carbocycles. The maximum absolute atomic E-state index is 12.1. The van der Waals surface area contributed by atoms with Crippen molar-refractivity contribution in [2.45, 2.75) is 19.8 Å². The molecule has 0 atom stereocenters. The fourth-order valence-corrected chi connectivity index (χ4v) is 3.13. The van der Waals surface area contributed by atoms with Crippen LogP contribution in [0, 0.1) is 0 Å². The number of hydrogen-bond donors (Lipinski definition) is 1. The van der Waals surface area contributed by atoms with Gasteiger partial charge < -0.3 is 5.73 Å². The molecule has 6 heteroatoms. The highest BCUT2D eigenvalue weighted by Crippen LogP contribution is 2.22. The maximum atomic E-state index is 12.1. The minimum absolute atomic E-state index is 0.131. The van der Waals surface area contributed by atoms with Gasteiger partial charge in [-0.2, -0.15) is 0 Å². The van der Waals surface area contributed by atoms with Gasteiger partial charge in [0, 0.05) is 12.6 Å². The molecule has 0 saturated heterocycles. The van der Waals surface area contributed by atoms with Gasteiger partial charge in [-0.1, -0.05) is 37.7 Å². The van der Waals surface area contributed by atoms with E-state index < -0.39 is 10.0 Å². The van der Waals surface area contributed by atoms with Crippen molar-refractivity contribution >= 4 is 32.9 Å². The highest BCUT2D eigenvalue weighted by molar-refractivity contribution is 7.92. The summed E-state index contributed by atoms with van der Waals surface area (Å²) in [4.78, 5) is 0.197. The third kappa shape index (κ3) is 3.43. The SMILES string of the molecule is CCCCS(=O)(=O)N(C)c1ccccc1C(N)=S. The smallest absolute Gasteiger partial charge is 0.234 e. The van der Waals surface area contributed by atoms with Gasteiger partial charge in [0.2, 0.25) is 10.0 Å². The lowest BCUT2D eigenvalue weighted by atomic mass is 10.2. The Labute approximate surface area is 114 Å². The van der Waals surface area contributed by atoms with Gasteiger partial charge in [-0.05, 0) is 18.6 Å². The second-order valence-corrected chi connectivity index (χ2v) is 6.58. The highest BCUT2D eigenvalue weighted by Gasteiger charge is 2.20. The predicted octanol–water partition coefficient (Wildman–Crippen LogP) is 1.89. The average molecular weight is 286 g/mol. The van der Waals surface area contributed by atoms with Crippen molar-refractivity contribution in [3.63, 3.8) is 0 Å². The molecule has 18 heavy (non-hydrogen) atoms. The van der Waals surface area contributed by atoms with Gasteiger partial charge in [-0.3, -0.25) is 4.31 Å². The largest absolute Gasteiger partial charge is 0.389 e. The standard InChI is InChI=1S/C12H18N2O2S2/c1-3-4-9-18(15,16)14(2)11-8-6-5-7-10(11)12(13)17/h5-8H,3-4,9H2,1-2H3,(H2,13,17). The number of thiocarbonyl (C=S) groups is 1. The third-order valence-corrected chi connectivity index (χ3v) is 4.74. The van der Waals surface area contributed by atoms with Crippen molar-refractivity contribution in [1.29, 1.82) is 0 Å². The molecule has 0 fully saturated rings. The van der Waals surface area contributed by atoms with Crippen LogP contribution in [0.3, 0.4) is 0 Å². The Morgan fingerprint density at radius 1 is 1.39 bits per heavy atom. The van der Waals surface area contributed by atoms with Gasteiger partial charge in [-0.15, -0.1) is 0 Å². The Bertz CT molecular complexity index is 527. The van der Waals surface area contributed by atoms with Crippen molar-refractivity contribution in [3.05, 3.63) is 29.8 Å². The van der Waals surface area contributed by atoms with Gasteiger partial charge >= 0.3 is 0 Å². The molecule has 1 aromatic rings.